The van der Waals surface area contributed by atoms with Crippen molar-refractivity contribution in [2.45, 2.75) is 13.0 Å². The van der Waals surface area contributed by atoms with Crippen molar-refractivity contribution in [1.82, 2.24) is 4.90 Å². The van der Waals surface area contributed by atoms with Crippen LogP contribution in [0.2, 0.25) is 0 Å². The van der Waals surface area contributed by atoms with Gasteiger partial charge in [-0.15, -0.1) is 0 Å². The molecule has 1 saturated heterocycles. The van der Waals surface area contributed by atoms with Gasteiger partial charge < -0.3 is 0 Å². The summed E-state index contributed by atoms with van der Waals surface area (Å²) in [6.07, 6.45) is 7.99. The van der Waals surface area contributed by atoms with E-state index in [4.69, 9.17) is 5.26 Å². The summed E-state index contributed by atoms with van der Waals surface area (Å²) >= 11 is 0. The zero-order valence-electron chi connectivity index (χ0n) is 11.9. The third-order valence-corrected chi connectivity index (χ3v) is 3.65. The van der Waals surface area contributed by atoms with E-state index in [1.54, 1.807) is 6.08 Å². The molecular formula is C18H20N2. The van der Waals surface area contributed by atoms with E-state index < -0.39 is 0 Å². The van der Waals surface area contributed by atoms with Crippen LogP contribution in [0.5, 0.6) is 0 Å². The minimum Gasteiger partial charge on any atom is -0.290 e. The monoisotopic (exact) mass is 264 g/mol. The second kappa shape index (κ2) is 6.88. The molecule has 0 aliphatic carbocycles. The number of rotatable bonds is 5. The lowest BCUT2D eigenvalue weighted by atomic mass is 9.90. The van der Waals surface area contributed by atoms with Crippen molar-refractivity contribution in [3.05, 3.63) is 72.4 Å². The fourth-order valence-electron chi connectivity index (χ4n) is 2.58. The molecule has 0 spiro atoms. The Kier molecular flexibility index (Phi) is 4.92. The molecule has 2 rings (SSSR count). The van der Waals surface area contributed by atoms with E-state index >= 15 is 0 Å². The number of likely N-dealkylation sites (tertiary alicyclic amines) is 1. The van der Waals surface area contributed by atoms with Gasteiger partial charge >= 0.3 is 0 Å². The summed E-state index contributed by atoms with van der Waals surface area (Å²) in [7, 11) is 0. The van der Waals surface area contributed by atoms with E-state index in [0.717, 1.165) is 13.1 Å². The molecule has 0 bridgehead atoms. The first-order valence-electron chi connectivity index (χ1n) is 6.94. The molecule has 0 saturated carbocycles. The number of hydrogen-bond donors (Lipinski definition) is 0. The molecule has 1 aliphatic rings. The van der Waals surface area contributed by atoms with Gasteiger partial charge in [0.1, 0.15) is 0 Å². The summed E-state index contributed by atoms with van der Waals surface area (Å²) in [4.78, 5) is 2.35. The quantitative estimate of drug-likeness (QED) is 0.755. The lowest BCUT2D eigenvalue weighted by Crippen LogP contribution is -2.48. The topological polar surface area (TPSA) is 27.0 Å². The Bertz CT molecular complexity index is 543. The molecule has 102 valence electrons. The first kappa shape index (κ1) is 14.3. The van der Waals surface area contributed by atoms with Crippen molar-refractivity contribution < 1.29 is 0 Å². The summed E-state index contributed by atoms with van der Waals surface area (Å²) < 4.78 is 0. The maximum atomic E-state index is 8.97. The summed E-state index contributed by atoms with van der Waals surface area (Å²) in [5, 5.41) is 8.97. The minimum absolute atomic E-state index is 0.169. The van der Waals surface area contributed by atoms with Gasteiger partial charge in [-0.1, -0.05) is 61.2 Å². The van der Waals surface area contributed by atoms with Gasteiger partial charge in [-0.2, -0.15) is 5.26 Å². The van der Waals surface area contributed by atoms with Gasteiger partial charge in [0.15, 0.2) is 0 Å². The van der Waals surface area contributed by atoms with Gasteiger partial charge in [0.25, 0.3) is 0 Å². The molecule has 1 fully saturated rings. The largest absolute Gasteiger partial charge is 0.290 e. The molecule has 0 N–H and O–H groups in total. The highest BCUT2D eigenvalue weighted by Crippen LogP contribution is 2.34. The fraction of sp³-hybridized carbons (Fsp3) is 0.278. The SMILES string of the molecule is C=C/C=C\C(=C/C)C(c1ccccc1)N1CC(C#N)C1. The summed E-state index contributed by atoms with van der Waals surface area (Å²) in [6, 6.07) is 13.0. The van der Waals surface area contributed by atoms with Crippen LogP contribution < -0.4 is 0 Å². The average Bonchev–Trinajstić information content (AvgIpc) is 2.45. The molecule has 1 aromatic rings. The molecule has 0 radical (unpaired) electrons. The Balaban J connectivity index is 2.28. The van der Waals surface area contributed by atoms with Crippen LogP contribution >= 0.6 is 0 Å². The van der Waals surface area contributed by atoms with Gasteiger partial charge in [0, 0.05) is 13.1 Å². The van der Waals surface area contributed by atoms with Crippen LogP contribution in [-0.2, 0) is 0 Å². The van der Waals surface area contributed by atoms with Gasteiger partial charge in [-0.05, 0) is 18.1 Å². The van der Waals surface area contributed by atoms with Crippen LogP contribution in [0.25, 0.3) is 0 Å². The second-order valence-electron chi connectivity index (χ2n) is 4.98. The average molecular weight is 264 g/mol. The maximum absolute atomic E-state index is 8.97. The van der Waals surface area contributed by atoms with Gasteiger partial charge in [0.2, 0.25) is 0 Å². The third-order valence-electron chi connectivity index (χ3n) is 3.65. The van der Waals surface area contributed by atoms with Crippen molar-refractivity contribution in [3.8, 4) is 6.07 Å². The molecule has 1 heterocycles. The highest BCUT2D eigenvalue weighted by Gasteiger charge is 2.34. The van der Waals surface area contributed by atoms with E-state index in [1.807, 2.05) is 12.1 Å². The van der Waals surface area contributed by atoms with Crippen LogP contribution in [0, 0.1) is 17.2 Å². The van der Waals surface area contributed by atoms with Crippen LogP contribution in [-0.4, -0.2) is 18.0 Å². The fourth-order valence-corrected chi connectivity index (χ4v) is 2.58. The predicted molar refractivity (Wildman–Crippen MR) is 83.0 cm³/mol. The van der Waals surface area contributed by atoms with Gasteiger partial charge in [0.05, 0.1) is 18.0 Å². The van der Waals surface area contributed by atoms with Gasteiger partial charge in [-0.3, -0.25) is 4.90 Å². The van der Waals surface area contributed by atoms with Crippen molar-refractivity contribution >= 4 is 0 Å². The lowest BCUT2D eigenvalue weighted by Gasteiger charge is -2.42. The number of nitriles is 1. The Morgan fingerprint density at radius 3 is 2.65 bits per heavy atom. The van der Waals surface area contributed by atoms with Crippen molar-refractivity contribution in [2.24, 2.45) is 5.92 Å². The first-order chi connectivity index (χ1) is 9.80. The third kappa shape index (κ3) is 3.07. The molecule has 2 nitrogen and oxygen atoms in total. The Morgan fingerprint density at radius 2 is 2.10 bits per heavy atom. The number of allylic oxidation sites excluding steroid dienone is 3. The molecule has 2 heteroatoms. The predicted octanol–water partition coefficient (Wildman–Crippen LogP) is 3.87. The Labute approximate surface area is 121 Å². The molecule has 1 atom stereocenters. The van der Waals surface area contributed by atoms with E-state index in [2.05, 4.69) is 60.9 Å². The van der Waals surface area contributed by atoms with Crippen molar-refractivity contribution in [3.63, 3.8) is 0 Å². The Morgan fingerprint density at radius 1 is 1.40 bits per heavy atom. The van der Waals surface area contributed by atoms with Crippen LogP contribution in [0.15, 0.2) is 66.8 Å². The van der Waals surface area contributed by atoms with E-state index in [0.29, 0.717) is 0 Å². The van der Waals surface area contributed by atoms with E-state index in [1.165, 1.54) is 11.1 Å². The zero-order chi connectivity index (χ0) is 14.4. The summed E-state index contributed by atoms with van der Waals surface area (Å²) in [6.45, 7) is 7.47. The normalized spacial score (nSPS) is 18.5. The molecule has 1 aliphatic heterocycles. The number of benzene rings is 1. The van der Waals surface area contributed by atoms with E-state index in [9.17, 15) is 0 Å². The minimum atomic E-state index is 0.169. The highest BCUT2D eigenvalue weighted by molar-refractivity contribution is 5.36. The standard InChI is InChI=1S/C18H20N2/c1-3-5-9-16(4-2)18(17-10-7-6-8-11-17)20-13-15(12-19)14-20/h3-11,15,18H,1,13-14H2,2H3/b9-5-,16-4+. The van der Waals surface area contributed by atoms with Crippen LogP contribution in [0.4, 0.5) is 0 Å². The molecule has 1 unspecified atom stereocenters. The van der Waals surface area contributed by atoms with E-state index in [-0.39, 0.29) is 12.0 Å². The highest BCUT2D eigenvalue weighted by atomic mass is 15.2. The molecule has 20 heavy (non-hydrogen) atoms. The van der Waals surface area contributed by atoms with Crippen LogP contribution in [0.3, 0.4) is 0 Å². The smallest absolute Gasteiger partial charge is 0.0718 e. The van der Waals surface area contributed by atoms with Crippen LogP contribution in [0.1, 0.15) is 18.5 Å². The molecular weight excluding hydrogens is 244 g/mol. The maximum Gasteiger partial charge on any atom is 0.0718 e. The number of hydrogen-bond acceptors (Lipinski definition) is 2. The summed E-state index contributed by atoms with van der Waals surface area (Å²) in [5.74, 6) is 0.169. The first-order valence-corrected chi connectivity index (χ1v) is 6.94. The lowest BCUT2D eigenvalue weighted by molar-refractivity contribution is 0.0988. The second-order valence-corrected chi connectivity index (χ2v) is 4.98. The summed E-state index contributed by atoms with van der Waals surface area (Å²) in [5.41, 5.74) is 2.51. The number of nitrogens with zero attached hydrogens (tertiary/aromatic N) is 2. The van der Waals surface area contributed by atoms with Crippen molar-refractivity contribution in [2.75, 3.05) is 13.1 Å². The van der Waals surface area contributed by atoms with Crippen molar-refractivity contribution in [1.29, 1.82) is 5.26 Å². The Hall–Kier alpha value is -2.11. The zero-order valence-corrected chi connectivity index (χ0v) is 11.9. The van der Waals surface area contributed by atoms with Gasteiger partial charge in [-0.25, -0.2) is 0 Å². The molecule has 1 aromatic carbocycles. The molecule has 0 amide bonds. The molecule has 0 aromatic heterocycles.